The summed E-state index contributed by atoms with van der Waals surface area (Å²) in [5, 5.41) is 11.5. The standard InChI is InChI=1S/C16H16N4O/c17-11-1-3-13-15(9-11)21-16-10-12(2-4-14(16)19-13)20-7-5-18-6-8-20/h1-4,9-10,17-18H,5-8H2. The first-order chi connectivity index (χ1) is 10.3. The van der Waals surface area contributed by atoms with E-state index in [9.17, 15) is 0 Å². The molecule has 5 heteroatoms. The molecule has 2 N–H and O–H groups in total. The number of hydrogen-bond acceptors (Lipinski definition) is 5. The van der Waals surface area contributed by atoms with Gasteiger partial charge in [0.05, 0.1) is 5.36 Å². The van der Waals surface area contributed by atoms with Crippen molar-refractivity contribution >= 4 is 16.8 Å². The van der Waals surface area contributed by atoms with Crippen molar-refractivity contribution in [1.82, 2.24) is 10.3 Å². The molecule has 0 bridgehead atoms. The van der Waals surface area contributed by atoms with Crippen molar-refractivity contribution in [2.75, 3.05) is 31.1 Å². The first kappa shape index (κ1) is 12.3. The minimum atomic E-state index is 0.436. The molecular formula is C16H16N4O. The van der Waals surface area contributed by atoms with Crippen LogP contribution < -0.4 is 15.6 Å². The van der Waals surface area contributed by atoms with Crippen molar-refractivity contribution in [2.24, 2.45) is 0 Å². The zero-order chi connectivity index (χ0) is 14.2. The summed E-state index contributed by atoms with van der Waals surface area (Å²) in [4.78, 5) is 6.94. The van der Waals surface area contributed by atoms with Crippen LogP contribution in [0.3, 0.4) is 0 Å². The lowest BCUT2D eigenvalue weighted by Gasteiger charge is -2.29. The number of anilines is 1. The summed E-state index contributed by atoms with van der Waals surface area (Å²) in [5.74, 6) is 0.660. The van der Waals surface area contributed by atoms with E-state index in [0.717, 1.165) is 48.7 Å². The second kappa shape index (κ2) is 4.86. The zero-order valence-electron chi connectivity index (χ0n) is 11.6. The van der Waals surface area contributed by atoms with Crippen molar-refractivity contribution in [2.45, 2.75) is 0 Å². The first-order valence-electron chi connectivity index (χ1n) is 7.14. The lowest BCUT2D eigenvalue weighted by molar-refractivity contribution is 0.587. The number of aromatic nitrogens is 1. The van der Waals surface area contributed by atoms with Crippen LogP contribution >= 0.6 is 0 Å². The Bertz CT molecular complexity index is 820. The van der Waals surface area contributed by atoms with E-state index in [1.807, 2.05) is 18.2 Å². The molecule has 5 nitrogen and oxygen atoms in total. The fourth-order valence-electron chi connectivity index (χ4n) is 2.73. The molecule has 2 heterocycles. The third-order valence-corrected chi connectivity index (χ3v) is 3.85. The maximum absolute atomic E-state index is 7.68. The highest BCUT2D eigenvalue weighted by atomic mass is 16.3. The lowest BCUT2D eigenvalue weighted by atomic mass is 10.2. The number of benzene rings is 2. The van der Waals surface area contributed by atoms with Crippen LogP contribution in [0.1, 0.15) is 0 Å². The normalized spacial score (nSPS) is 15.7. The van der Waals surface area contributed by atoms with Gasteiger partial charge in [-0.25, -0.2) is 4.98 Å². The van der Waals surface area contributed by atoms with Crippen LogP contribution in [0.2, 0.25) is 0 Å². The summed E-state index contributed by atoms with van der Waals surface area (Å²) in [6.45, 7) is 4.02. The van der Waals surface area contributed by atoms with Crippen molar-refractivity contribution in [1.29, 1.82) is 5.41 Å². The average molecular weight is 280 g/mol. The monoisotopic (exact) mass is 280 g/mol. The second-order valence-corrected chi connectivity index (χ2v) is 5.29. The molecule has 3 aliphatic rings. The fourth-order valence-corrected chi connectivity index (χ4v) is 2.73. The number of nitrogens with zero attached hydrogens (tertiary/aromatic N) is 2. The van der Waals surface area contributed by atoms with Gasteiger partial charge < -0.3 is 20.0 Å². The summed E-state index contributed by atoms with van der Waals surface area (Å²) < 4.78 is 5.93. The summed E-state index contributed by atoms with van der Waals surface area (Å²) in [7, 11) is 0. The number of fused-ring (bicyclic) bond motifs is 2. The van der Waals surface area contributed by atoms with Gasteiger partial charge in [0, 0.05) is 44.0 Å². The van der Waals surface area contributed by atoms with E-state index in [1.165, 1.54) is 0 Å². The van der Waals surface area contributed by atoms with Gasteiger partial charge in [0.15, 0.2) is 11.3 Å². The van der Waals surface area contributed by atoms with E-state index in [4.69, 9.17) is 9.83 Å². The van der Waals surface area contributed by atoms with Gasteiger partial charge in [-0.3, -0.25) is 0 Å². The highest BCUT2D eigenvalue weighted by molar-refractivity contribution is 5.80. The van der Waals surface area contributed by atoms with Gasteiger partial charge in [0.1, 0.15) is 11.2 Å². The third kappa shape index (κ3) is 2.25. The summed E-state index contributed by atoms with van der Waals surface area (Å²) in [6, 6.07) is 11.4. The van der Waals surface area contributed by atoms with E-state index >= 15 is 0 Å². The minimum Gasteiger partial charge on any atom is -0.453 e. The van der Waals surface area contributed by atoms with Crippen molar-refractivity contribution < 1.29 is 4.42 Å². The van der Waals surface area contributed by atoms with Crippen LogP contribution in [-0.4, -0.2) is 31.2 Å². The topological polar surface area (TPSA) is 65.2 Å². The van der Waals surface area contributed by atoms with Gasteiger partial charge >= 0.3 is 0 Å². The van der Waals surface area contributed by atoms with Gasteiger partial charge in [0.2, 0.25) is 0 Å². The van der Waals surface area contributed by atoms with E-state index in [0.29, 0.717) is 11.1 Å². The average Bonchev–Trinajstić information content (AvgIpc) is 2.53. The Hall–Kier alpha value is -2.40. The van der Waals surface area contributed by atoms with Crippen LogP contribution in [-0.2, 0) is 0 Å². The highest BCUT2D eigenvalue weighted by Gasteiger charge is 2.13. The van der Waals surface area contributed by atoms with Gasteiger partial charge in [-0.05, 0) is 24.3 Å². The minimum absolute atomic E-state index is 0.436. The van der Waals surface area contributed by atoms with Gasteiger partial charge in [-0.1, -0.05) is 0 Å². The third-order valence-electron chi connectivity index (χ3n) is 3.85. The number of hydrogen-bond donors (Lipinski definition) is 2. The molecule has 0 amide bonds. The van der Waals surface area contributed by atoms with Crippen molar-refractivity contribution in [3.05, 3.63) is 41.8 Å². The van der Waals surface area contributed by atoms with Crippen LogP contribution in [0.5, 0.6) is 0 Å². The summed E-state index contributed by atoms with van der Waals surface area (Å²) >= 11 is 0. The Morgan fingerprint density at radius 2 is 1.95 bits per heavy atom. The molecule has 1 aliphatic carbocycles. The van der Waals surface area contributed by atoms with E-state index in [-0.39, 0.29) is 0 Å². The SMILES string of the molecule is N=c1ccc2nc3ccc(N4CCNCC4)cc3oc-2c1. The van der Waals surface area contributed by atoms with E-state index in [1.54, 1.807) is 12.1 Å². The van der Waals surface area contributed by atoms with Crippen molar-refractivity contribution in [3.63, 3.8) is 0 Å². The summed E-state index contributed by atoms with van der Waals surface area (Å²) in [6.07, 6.45) is 0. The Morgan fingerprint density at radius 1 is 1.10 bits per heavy atom. The molecule has 2 aliphatic heterocycles. The van der Waals surface area contributed by atoms with Crippen LogP contribution in [0.15, 0.2) is 40.8 Å². The molecule has 21 heavy (non-hydrogen) atoms. The largest absolute Gasteiger partial charge is 0.453 e. The van der Waals surface area contributed by atoms with Gasteiger partial charge in [-0.2, -0.15) is 0 Å². The number of rotatable bonds is 1. The molecular weight excluding hydrogens is 264 g/mol. The van der Waals surface area contributed by atoms with Gasteiger partial charge in [0.25, 0.3) is 0 Å². The summed E-state index contributed by atoms with van der Waals surface area (Å²) in [5.41, 5.74) is 3.56. The Labute approximate surface area is 122 Å². The Balaban J connectivity index is 1.84. The maximum Gasteiger partial charge on any atom is 0.155 e. The Morgan fingerprint density at radius 3 is 2.81 bits per heavy atom. The zero-order valence-corrected chi connectivity index (χ0v) is 11.6. The predicted molar refractivity (Wildman–Crippen MR) is 81.6 cm³/mol. The first-order valence-corrected chi connectivity index (χ1v) is 7.14. The quantitative estimate of drug-likeness (QED) is 0.667. The van der Waals surface area contributed by atoms with Crippen LogP contribution in [0.25, 0.3) is 22.6 Å². The molecule has 1 saturated heterocycles. The molecule has 0 radical (unpaired) electrons. The molecule has 0 saturated carbocycles. The molecule has 0 spiro atoms. The highest BCUT2D eigenvalue weighted by Crippen LogP contribution is 2.27. The number of nitrogens with one attached hydrogen (secondary N) is 2. The van der Waals surface area contributed by atoms with E-state index in [2.05, 4.69) is 21.3 Å². The second-order valence-electron chi connectivity index (χ2n) is 5.29. The predicted octanol–water partition coefficient (Wildman–Crippen LogP) is 1.82. The fraction of sp³-hybridized carbons (Fsp3) is 0.250. The molecule has 0 aromatic heterocycles. The molecule has 0 unspecified atom stereocenters. The smallest absolute Gasteiger partial charge is 0.155 e. The molecule has 1 fully saturated rings. The van der Waals surface area contributed by atoms with Crippen LogP contribution in [0.4, 0.5) is 5.69 Å². The number of piperazine rings is 1. The molecule has 1 aromatic rings. The van der Waals surface area contributed by atoms with Gasteiger partial charge in [-0.15, -0.1) is 0 Å². The Kier molecular flexibility index (Phi) is 2.86. The maximum atomic E-state index is 7.68. The molecule has 106 valence electrons. The van der Waals surface area contributed by atoms with E-state index < -0.39 is 0 Å². The van der Waals surface area contributed by atoms with Crippen molar-refractivity contribution in [3.8, 4) is 11.5 Å². The van der Waals surface area contributed by atoms with Crippen LogP contribution in [0, 0.1) is 5.41 Å². The molecule has 4 rings (SSSR count). The molecule has 0 atom stereocenters. The lowest BCUT2D eigenvalue weighted by Crippen LogP contribution is -2.43. The molecule has 1 aromatic carbocycles.